The molecule has 0 amide bonds. The number of hydrogen-bond acceptors (Lipinski definition) is 4. The van der Waals surface area contributed by atoms with Gasteiger partial charge in [-0.15, -0.1) is 0 Å². The van der Waals surface area contributed by atoms with Crippen molar-refractivity contribution in [1.82, 2.24) is 9.97 Å². The number of fused-ring (bicyclic) bond motifs is 1. The zero-order valence-corrected chi connectivity index (χ0v) is 14.2. The van der Waals surface area contributed by atoms with Crippen molar-refractivity contribution in [2.75, 3.05) is 18.0 Å². The Bertz CT molecular complexity index is 925. The van der Waals surface area contributed by atoms with E-state index in [0.717, 1.165) is 5.56 Å². The van der Waals surface area contributed by atoms with Crippen LogP contribution in [0.3, 0.4) is 0 Å². The van der Waals surface area contributed by atoms with Crippen LogP contribution in [0.15, 0.2) is 48.8 Å². The second-order valence-electron chi connectivity index (χ2n) is 6.33. The molecule has 1 aliphatic rings. The van der Waals surface area contributed by atoms with Gasteiger partial charge in [0.15, 0.2) is 0 Å². The molecule has 0 atom stereocenters. The third kappa shape index (κ3) is 2.83. The topological polar surface area (TPSA) is 49.2 Å². The standard InChI is InChI=1S/C19H17ClFN3O/c20-15-6-2-1-5-14(15)19(25)8-10-24(11-9-19)18-13-4-3-7-16(21)17(13)22-12-23-18/h1-7,12,25H,8-11H2. The van der Waals surface area contributed by atoms with Gasteiger partial charge in [-0.2, -0.15) is 0 Å². The SMILES string of the molecule is OC1(c2ccccc2Cl)CCN(c2ncnc3c(F)cccc23)CC1. The van der Waals surface area contributed by atoms with Gasteiger partial charge in [0.25, 0.3) is 0 Å². The highest BCUT2D eigenvalue weighted by atomic mass is 35.5. The summed E-state index contributed by atoms with van der Waals surface area (Å²) in [5, 5.41) is 12.3. The summed E-state index contributed by atoms with van der Waals surface area (Å²) in [6, 6.07) is 12.3. The highest BCUT2D eigenvalue weighted by Crippen LogP contribution is 2.38. The van der Waals surface area contributed by atoms with Gasteiger partial charge in [-0.1, -0.05) is 35.9 Å². The molecule has 1 saturated heterocycles. The Morgan fingerprint density at radius 2 is 1.80 bits per heavy atom. The second-order valence-corrected chi connectivity index (χ2v) is 6.74. The average molecular weight is 358 g/mol. The van der Waals surface area contributed by atoms with Gasteiger partial charge < -0.3 is 10.0 Å². The molecule has 1 N–H and O–H groups in total. The number of anilines is 1. The molecule has 1 fully saturated rings. The number of benzene rings is 2. The number of aliphatic hydroxyl groups is 1. The van der Waals surface area contributed by atoms with E-state index in [9.17, 15) is 9.50 Å². The van der Waals surface area contributed by atoms with Gasteiger partial charge in [-0.25, -0.2) is 14.4 Å². The molecule has 0 radical (unpaired) electrons. The van der Waals surface area contributed by atoms with Crippen LogP contribution in [0.5, 0.6) is 0 Å². The van der Waals surface area contributed by atoms with Crippen molar-refractivity contribution in [3.63, 3.8) is 0 Å². The molecule has 128 valence electrons. The van der Waals surface area contributed by atoms with Crippen LogP contribution in [0, 0.1) is 5.82 Å². The second kappa shape index (κ2) is 6.24. The van der Waals surface area contributed by atoms with Crippen LogP contribution >= 0.6 is 11.6 Å². The van der Waals surface area contributed by atoms with Gasteiger partial charge in [0.05, 0.1) is 5.60 Å². The lowest BCUT2D eigenvalue weighted by Crippen LogP contribution is -2.43. The summed E-state index contributed by atoms with van der Waals surface area (Å²) in [6.45, 7) is 1.20. The average Bonchev–Trinajstić information content (AvgIpc) is 2.63. The van der Waals surface area contributed by atoms with Crippen LogP contribution in [-0.2, 0) is 5.60 Å². The predicted molar refractivity (Wildman–Crippen MR) is 96.3 cm³/mol. The minimum absolute atomic E-state index is 0.319. The summed E-state index contributed by atoms with van der Waals surface area (Å²) in [5.74, 6) is 0.344. The molecule has 6 heteroatoms. The fourth-order valence-electron chi connectivity index (χ4n) is 3.49. The molecule has 3 aromatic rings. The lowest BCUT2D eigenvalue weighted by molar-refractivity contribution is 0.0118. The summed E-state index contributed by atoms with van der Waals surface area (Å²) in [5.41, 5.74) is 0.123. The molecule has 0 spiro atoms. The van der Waals surface area contributed by atoms with E-state index in [4.69, 9.17) is 11.6 Å². The first-order valence-corrected chi connectivity index (χ1v) is 8.58. The zero-order valence-electron chi connectivity index (χ0n) is 13.5. The summed E-state index contributed by atoms with van der Waals surface area (Å²) in [4.78, 5) is 10.5. The Balaban J connectivity index is 1.63. The fourth-order valence-corrected chi connectivity index (χ4v) is 3.80. The van der Waals surface area contributed by atoms with Crippen molar-refractivity contribution < 1.29 is 9.50 Å². The minimum atomic E-state index is -0.955. The van der Waals surface area contributed by atoms with Crippen LogP contribution in [0.4, 0.5) is 10.2 Å². The molecule has 4 nitrogen and oxygen atoms in total. The van der Waals surface area contributed by atoms with Crippen LogP contribution < -0.4 is 4.90 Å². The number of halogens is 2. The highest BCUT2D eigenvalue weighted by molar-refractivity contribution is 6.31. The van der Waals surface area contributed by atoms with Gasteiger partial charge >= 0.3 is 0 Å². The molecule has 0 aliphatic carbocycles. The first-order chi connectivity index (χ1) is 12.1. The quantitative estimate of drug-likeness (QED) is 0.755. The largest absolute Gasteiger partial charge is 0.385 e. The molecular weight excluding hydrogens is 341 g/mol. The Labute approximate surface area is 149 Å². The molecule has 4 rings (SSSR count). The molecule has 2 heterocycles. The number of hydrogen-bond donors (Lipinski definition) is 1. The van der Waals surface area contributed by atoms with E-state index in [1.54, 1.807) is 12.1 Å². The van der Waals surface area contributed by atoms with Crippen LogP contribution in [0.1, 0.15) is 18.4 Å². The van der Waals surface area contributed by atoms with Gasteiger partial charge in [-0.3, -0.25) is 0 Å². The van der Waals surface area contributed by atoms with Crippen LogP contribution in [0.25, 0.3) is 10.9 Å². The predicted octanol–water partition coefficient (Wildman–Crippen LogP) is 3.91. The normalized spacial score (nSPS) is 17.0. The molecule has 0 bridgehead atoms. The maximum Gasteiger partial charge on any atom is 0.149 e. The summed E-state index contributed by atoms with van der Waals surface area (Å²) < 4.78 is 14.0. The van der Waals surface area contributed by atoms with E-state index in [0.29, 0.717) is 47.7 Å². The third-order valence-electron chi connectivity index (χ3n) is 4.86. The van der Waals surface area contributed by atoms with Gasteiger partial charge in [-0.05, 0) is 31.0 Å². The van der Waals surface area contributed by atoms with Crippen molar-refractivity contribution in [3.8, 4) is 0 Å². The molecule has 1 aromatic heterocycles. The van der Waals surface area contributed by atoms with Crippen molar-refractivity contribution in [3.05, 3.63) is 65.2 Å². The molecule has 25 heavy (non-hydrogen) atoms. The van der Waals surface area contributed by atoms with Crippen molar-refractivity contribution in [2.45, 2.75) is 18.4 Å². The van der Waals surface area contributed by atoms with Crippen LogP contribution in [-0.4, -0.2) is 28.2 Å². The fraction of sp³-hybridized carbons (Fsp3) is 0.263. The van der Waals surface area contributed by atoms with Crippen molar-refractivity contribution >= 4 is 28.3 Å². The summed E-state index contributed by atoms with van der Waals surface area (Å²) in [7, 11) is 0. The molecule has 0 unspecified atom stereocenters. The Hall–Kier alpha value is -2.24. The van der Waals surface area contributed by atoms with Gasteiger partial charge in [0.1, 0.15) is 23.5 Å². The summed E-state index contributed by atoms with van der Waals surface area (Å²) >= 11 is 6.26. The lowest BCUT2D eigenvalue weighted by atomic mass is 9.84. The smallest absolute Gasteiger partial charge is 0.149 e. The lowest BCUT2D eigenvalue weighted by Gasteiger charge is -2.39. The van der Waals surface area contributed by atoms with E-state index < -0.39 is 5.60 Å². The first-order valence-electron chi connectivity index (χ1n) is 8.20. The monoisotopic (exact) mass is 357 g/mol. The third-order valence-corrected chi connectivity index (χ3v) is 5.19. The Morgan fingerprint density at radius 1 is 1.04 bits per heavy atom. The molecule has 2 aromatic carbocycles. The van der Waals surface area contributed by atoms with E-state index in [-0.39, 0.29) is 5.82 Å². The van der Waals surface area contributed by atoms with E-state index in [2.05, 4.69) is 14.9 Å². The van der Waals surface area contributed by atoms with E-state index >= 15 is 0 Å². The van der Waals surface area contributed by atoms with E-state index in [1.807, 2.05) is 24.3 Å². The van der Waals surface area contributed by atoms with Crippen LogP contribution in [0.2, 0.25) is 5.02 Å². The first kappa shape index (κ1) is 16.2. The van der Waals surface area contributed by atoms with Gasteiger partial charge in [0.2, 0.25) is 0 Å². The highest BCUT2D eigenvalue weighted by Gasteiger charge is 2.36. The van der Waals surface area contributed by atoms with Gasteiger partial charge in [0, 0.05) is 29.1 Å². The minimum Gasteiger partial charge on any atom is -0.385 e. The summed E-state index contributed by atoms with van der Waals surface area (Å²) in [6.07, 6.45) is 2.44. The number of rotatable bonds is 2. The molecule has 1 aliphatic heterocycles. The maximum absolute atomic E-state index is 14.0. The molecular formula is C19H17ClFN3O. The number of nitrogens with zero attached hydrogens (tertiary/aromatic N) is 3. The van der Waals surface area contributed by atoms with Crippen molar-refractivity contribution in [2.24, 2.45) is 0 Å². The Morgan fingerprint density at radius 3 is 2.56 bits per heavy atom. The number of para-hydroxylation sites is 1. The van der Waals surface area contributed by atoms with Crippen molar-refractivity contribution in [1.29, 1.82) is 0 Å². The number of aromatic nitrogens is 2. The zero-order chi connectivity index (χ0) is 17.4. The maximum atomic E-state index is 14.0. The Kier molecular flexibility index (Phi) is 4.06. The number of piperidine rings is 1. The molecule has 0 saturated carbocycles. The van der Waals surface area contributed by atoms with E-state index in [1.165, 1.54) is 12.4 Å².